The maximum atomic E-state index is 11.7. The smallest absolute Gasteiger partial charge is 0.304 e. The molecule has 0 aliphatic carbocycles. The summed E-state index contributed by atoms with van der Waals surface area (Å²) < 4.78 is 23.5. The van der Waals surface area contributed by atoms with E-state index < -0.39 is 15.8 Å². The van der Waals surface area contributed by atoms with Crippen molar-refractivity contribution < 1.29 is 18.3 Å². The van der Waals surface area contributed by atoms with Crippen LogP contribution in [0.3, 0.4) is 0 Å². The highest BCUT2D eigenvalue weighted by molar-refractivity contribution is 7.92. The number of carboxylic acids is 1. The number of likely N-dealkylation sites (tertiary alicyclic amines) is 1. The van der Waals surface area contributed by atoms with E-state index in [4.69, 9.17) is 5.11 Å². The Balaban J connectivity index is 2.56. The topological polar surface area (TPSA) is 74.7 Å². The molecule has 0 radical (unpaired) electrons. The van der Waals surface area contributed by atoms with Crippen molar-refractivity contribution in [2.45, 2.75) is 24.5 Å². The van der Waals surface area contributed by atoms with Gasteiger partial charge in [-0.25, -0.2) is 8.42 Å². The number of hydrogen-bond donors (Lipinski definition) is 1. The summed E-state index contributed by atoms with van der Waals surface area (Å²) in [5.41, 5.74) is 0. The molecule has 0 spiro atoms. The molecular formula is C9H17NO4S. The van der Waals surface area contributed by atoms with E-state index in [0.29, 0.717) is 13.0 Å². The second-order valence-corrected chi connectivity index (χ2v) is 6.44. The van der Waals surface area contributed by atoms with E-state index in [0.717, 1.165) is 13.0 Å². The summed E-state index contributed by atoms with van der Waals surface area (Å²) in [6.07, 6.45) is 1.24. The highest BCUT2D eigenvalue weighted by Crippen LogP contribution is 2.17. The number of aliphatic carboxylic acids is 1. The minimum Gasteiger partial charge on any atom is -0.481 e. The number of sulfone groups is 1. The molecule has 5 nitrogen and oxygen atoms in total. The summed E-state index contributed by atoms with van der Waals surface area (Å²) in [4.78, 5) is 12.3. The lowest BCUT2D eigenvalue weighted by Gasteiger charge is -2.29. The summed E-state index contributed by atoms with van der Waals surface area (Å²) in [6, 6.07) is 0. The van der Waals surface area contributed by atoms with Gasteiger partial charge in [0.05, 0.1) is 17.4 Å². The van der Waals surface area contributed by atoms with E-state index in [1.807, 2.05) is 11.9 Å². The maximum absolute atomic E-state index is 11.7. The van der Waals surface area contributed by atoms with Crippen LogP contribution >= 0.6 is 0 Å². The molecule has 1 fully saturated rings. The fourth-order valence-corrected chi connectivity index (χ4v) is 3.61. The number of nitrogens with zero attached hydrogens (tertiary/aromatic N) is 1. The minimum atomic E-state index is -3.23. The summed E-state index contributed by atoms with van der Waals surface area (Å²) >= 11 is 0. The summed E-state index contributed by atoms with van der Waals surface area (Å²) in [5, 5.41) is 8.07. The molecule has 1 atom stereocenters. The van der Waals surface area contributed by atoms with Gasteiger partial charge in [0.1, 0.15) is 0 Å². The zero-order valence-corrected chi connectivity index (χ0v) is 9.66. The quantitative estimate of drug-likeness (QED) is 0.740. The maximum Gasteiger partial charge on any atom is 0.304 e. The average molecular weight is 235 g/mol. The summed E-state index contributed by atoms with van der Waals surface area (Å²) in [5.74, 6) is -1.29. The van der Waals surface area contributed by atoms with Crippen LogP contribution in [-0.4, -0.2) is 55.5 Å². The molecule has 0 bridgehead atoms. The summed E-state index contributed by atoms with van der Waals surface area (Å²) in [6.45, 7) is 1.45. The van der Waals surface area contributed by atoms with Crippen molar-refractivity contribution in [2.24, 2.45) is 0 Å². The molecule has 15 heavy (non-hydrogen) atoms. The lowest BCUT2D eigenvalue weighted by molar-refractivity contribution is -0.136. The van der Waals surface area contributed by atoms with Crippen LogP contribution in [0.2, 0.25) is 0 Å². The van der Waals surface area contributed by atoms with Gasteiger partial charge in [0, 0.05) is 6.54 Å². The van der Waals surface area contributed by atoms with Crippen molar-refractivity contribution in [3.8, 4) is 0 Å². The van der Waals surface area contributed by atoms with Crippen LogP contribution in [0, 0.1) is 0 Å². The van der Waals surface area contributed by atoms with E-state index in [1.54, 1.807) is 0 Å². The Hall–Kier alpha value is -0.620. The first-order chi connectivity index (χ1) is 6.92. The lowest BCUT2D eigenvalue weighted by atomic mass is 10.1. The van der Waals surface area contributed by atoms with E-state index in [9.17, 15) is 13.2 Å². The van der Waals surface area contributed by atoms with Crippen LogP contribution < -0.4 is 0 Å². The number of piperidine rings is 1. The first kappa shape index (κ1) is 12.4. The Kier molecular flexibility index (Phi) is 4.10. The molecule has 6 heteroatoms. The molecule has 0 aromatic carbocycles. The van der Waals surface area contributed by atoms with Gasteiger partial charge in [-0.3, -0.25) is 4.79 Å². The van der Waals surface area contributed by atoms with Gasteiger partial charge < -0.3 is 10.0 Å². The van der Waals surface area contributed by atoms with Crippen molar-refractivity contribution >= 4 is 15.8 Å². The molecule has 0 amide bonds. The third-order valence-corrected chi connectivity index (χ3v) is 4.86. The Morgan fingerprint density at radius 3 is 2.73 bits per heavy atom. The summed E-state index contributed by atoms with van der Waals surface area (Å²) in [7, 11) is -1.35. The Morgan fingerprint density at radius 2 is 2.20 bits per heavy atom. The van der Waals surface area contributed by atoms with E-state index in [2.05, 4.69) is 0 Å². The minimum absolute atomic E-state index is 0.235. The van der Waals surface area contributed by atoms with Gasteiger partial charge in [-0.05, 0) is 26.4 Å². The van der Waals surface area contributed by atoms with Crippen LogP contribution in [0.15, 0.2) is 0 Å². The second-order valence-electron chi connectivity index (χ2n) is 4.04. The van der Waals surface area contributed by atoms with E-state index >= 15 is 0 Å². The first-order valence-corrected chi connectivity index (χ1v) is 6.75. The fourth-order valence-electron chi connectivity index (χ4n) is 1.81. The molecule has 0 aromatic heterocycles. The standard InChI is InChI=1S/C9H17NO4S/c1-10-5-2-3-8(7-10)15(13,14)6-4-9(11)12/h8H,2-7H2,1H3,(H,11,12). The number of carbonyl (C=O) groups is 1. The molecule has 1 aliphatic heterocycles. The van der Waals surface area contributed by atoms with Crippen molar-refractivity contribution in [1.82, 2.24) is 4.90 Å². The average Bonchev–Trinajstić information content (AvgIpc) is 2.15. The number of rotatable bonds is 4. The molecule has 0 aromatic rings. The number of hydrogen-bond acceptors (Lipinski definition) is 4. The zero-order chi connectivity index (χ0) is 11.5. The Labute approximate surface area is 90.0 Å². The molecule has 0 saturated carbocycles. The third-order valence-electron chi connectivity index (χ3n) is 2.69. The molecule has 88 valence electrons. The van der Waals surface area contributed by atoms with Crippen LogP contribution in [0.25, 0.3) is 0 Å². The Morgan fingerprint density at radius 1 is 1.53 bits per heavy atom. The molecule has 1 unspecified atom stereocenters. The van der Waals surface area contributed by atoms with Gasteiger partial charge in [0.2, 0.25) is 0 Å². The second kappa shape index (κ2) is 4.94. The first-order valence-electron chi connectivity index (χ1n) is 5.04. The third kappa shape index (κ3) is 3.79. The largest absolute Gasteiger partial charge is 0.481 e. The van der Waals surface area contributed by atoms with Crippen molar-refractivity contribution in [1.29, 1.82) is 0 Å². The van der Waals surface area contributed by atoms with E-state index in [-0.39, 0.29) is 17.4 Å². The molecular weight excluding hydrogens is 218 g/mol. The molecule has 1 N–H and O–H groups in total. The van der Waals surface area contributed by atoms with Crippen LogP contribution in [0.5, 0.6) is 0 Å². The van der Waals surface area contributed by atoms with Crippen LogP contribution in [0.4, 0.5) is 0 Å². The normalized spacial score (nSPS) is 23.9. The Bertz CT molecular complexity index is 325. The molecule has 1 heterocycles. The number of carboxylic acid groups (broad SMARTS) is 1. The zero-order valence-electron chi connectivity index (χ0n) is 8.85. The van der Waals surface area contributed by atoms with Gasteiger partial charge in [-0.15, -0.1) is 0 Å². The van der Waals surface area contributed by atoms with Crippen LogP contribution in [0.1, 0.15) is 19.3 Å². The van der Waals surface area contributed by atoms with Gasteiger partial charge in [-0.2, -0.15) is 0 Å². The monoisotopic (exact) mass is 235 g/mol. The SMILES string of the molecule is CN1CCCC(S(=O)(=O)CCC(=O)O)C1. The predicted molar refractivity (Wildman–Crippen MR) is 56.6 cm³/mol. The van der Waals surface area contributed by atoms with Crippen LogP contribution in [-0.2, 0) is 14.6 Å². The highest BCUT2D eigenvalue weighted by atomic mass is 32.2. The van der Waals surface area contributed by atoms with Gasteiger partial charge in [-0.1, -0.05) is 0 Å². The van der Waals surface area contributed by atoms with Gasteiger partial charge in [0.25, 0.3) is 0 Å². The molecule has 1 aliphatic rings. The highest BCUT2D eigenvalue weighted by Gasteiger charge is 2.29. The van der Waals surface area contributed by atoms with Gasteiger partial charge in [0.15, 0.2) is 9.84 Å². The van der Waals surface area contributed by atoms with Crippen molar-refractivity contribution in [3.63, 3.8) is 0 Å². The molecule has 1 rings (SSSR count). The van der Waals surface area contributed by atoms with Crippen molar-refractivity contribution in [2.75, 3.05) is 25.9 Å². The lowest BCUT2D eigenvalue weighted by Crippen LogP contribution is -2.41. The van der Waals surface area contributed by atoms with E-state index in [1.165, 1.54) is 0 Å². The van der Waals surface area contributed by atoms with Crippen molar-refractivity contribution in [3.05, 3.63) is 0 Å². The fraction of sp³-hybridized carbons (Fsp3) is 0.889. The predicted octanol–water partition coefficient (Wildman–Crippen LogP) is -0.0299. The molecule has 1 saturated heterocycles. The van der Waals surface area contributed by atoms with Gasteiger partial charge >= 0.3 is 5.97 Å².